The summed E-state index contributed by atoms with van der Waals surface area (Å²) in [4.78, 5) is 23.2. The fraction of sp³-hybridized carbons (Fsp3) is 0.333. The third kappa shape index (κ3) is 2.66. The van der Waals surface area contributed by atoms with Crippen molar-refractivity contribution in [3.05, 3.63) is 35.6 Å². The summed E-state index contributed by atoms with van der Waals surface area (Å²) in [7, 11) is 0. The zero-order chi connectivity index (χ0) is 14.7. The maximum absolute atomic E-state index is 12.2. The Morgan fingerprint density at radius 3 is 2.65 bits per heavy atom. The SMILES string of the molecule is CCC[C@@H](NC(=O)c1oc2ccccc2c1C)C(=O)O. The van der Waals surface area contributed by atoms with Gasteiger partial charge in [-0.15, -0.1) is 0 Å². The van der Waals surface area contributed by atoms with Gasteiger partial charge in [0.05, 0.1) is 0 Å². The number of benzene rings is 1. The van der Waals surface area contributed by atoms with E-state index in [9.17, 15) is 9.59 Å². The van der Waals surface area contributed by atoms with Crippen LogP contribution in [0.3, 0.4) is 0 Å². The van der Waals surface area contributed by atoms with Crippen molar-refractivity contribution < 1.29 is 19.1 Å². The van der Waals surface area contributed by atoms with Gasteiger partial charge in [0.25, 0.3) is 5.91 Å². The van der Waals surface area contributed by atoms with Crippen LogP contribution in [0.1, 0.15) is 35.9 Å². The summed E-state index contributed by atoms with van der Waals surface area (Å²) in [5, 5.41) is 12.4. The Morgan fingerprint density at radius 1 is 1.35 bits per heavy atom. The van der Waals surface area contributed by atoms with E-state index in [1.54, 1.807) is 13.0 Å². The van der Waals surface area contributed by atoms with Crippen LogP contribution < -0.4 is 5.32 Å². The van der Waals surface area contributed by atoms with Crippen molar-refractivity contribution in [2.45, 2.75) is 32.7 Å². The Kier molecular flexibility index (Phi) is 4.08. The van der Waals surface area contributed by atoms with E-state index >= 15 is 0 Å². The lowest BCUT2D eigenvalue weighted by atomic mass is 10.1. The fourth-order valence-corrected chi connectivity index (χ4v) is 2.16. The van der Waals surface area contributed by atoms with Gasteiger partial charge in [-0.2, -0.15) is 0 Å². The summed E-state index contributed by atoms with van der Waals surface area (Å²) in [5.41, 5.74) is 1.34. The molecule has 2 aromatic rings. The first-order valence-electron chi connectivity index (χ1n) is 6.56. The number of carboxylic acid groups (broad SMARTS) is 1. The number of carbonyl (C=O) groups is 2. The van der Waals surface area contributed by atoms with Crippen LogP contribution >= 0.6 is 0 Å². The van der Waals surface area contributed by atoms with E-state index in [0.717, 1.165) is 10.9 Å². The molecule has 1 atom stereocenters. The smallest absolute Gasteiger partial charge is 0.326 e. The molecule has 0 saturated heterocycles. The highest BCUT2D eigenvalue weighted by Gasteiger charge is 2.23. The summed E-state index contributed by atoms with van der Waals surface area (Å²) < 4.78 is 5.51. The maximum atomic E-state index is 12.2. The lowest BCUT2D eigenvalue weighted by Gasteiger charge is -2.12. The van der Waals surface area contributed by atoms with Gasteiger partial charge >= 0.3 is 5.97 Å². The van der Waals surface area contributed by atoms with Crippen molar-refractivity contribution in [2.75, 3.05) is 0 Å². The number of carboxylic acids is 1. The van der Waals surface area contributed by atoms with Crippen molar-refractivity contribution in [3.8, 4) is 0 Å². The molecule has 1 aromatic heterocycles. The van der Waals surface area contributed by atoms with Crippen LogP contribution in [-0.2, 0) is 4.79 Å². The Bertz CT molecular complexity index is 644. The molecule has 106 valence electrons. The van der Waals surface area contributed by atoms with Crippen LogP contribution in [-0.4, -0.2) is 23.0 Å². The minimum atomic E-state index is -1.03. The van der Waals surface area contributed by atoms with Gasteiger partial charge in [0.1, 0.15) is 11.6 Å². The summed E-state index contributed by atoms with van der Waals surface area (Å²) >= 11 is 0. The maximum Gasteiger partial charge on any atom is 0.326 e. The molecule has 2 N–H and O–H groups in total. The second-order valence-corrected chi connectivity index (χ2v) is 4.71. The highest BCUT2D eigenvalue weighted by molar-refractivity contribution is 6.00. The number of carbonyl (C=O) groups excluding carboxylic acids is 1. The minimum absolute atomic E-state index is 0.175. The number of amides is 1. The van der Waals surface area contributed by atoms with Gasteiger partial charge in [0.15, 0.2) is 5.76 Å². The van der Waals surface area contributed by atoms with Crippen molar-refractivity contribution in [2.24, 2.45) is 0 Å². The highest BCUT2D eigenvalue weighted by atomic mass is 16.4. The van der Waals surface area contributed by atoms with Crippen molar-refractivity contribution in [1.29, 1.82) is 0 Å². The molecule has 0 bridgehead atoms. The van der Waals surface area contributed by atoms with Gasteiger partial charge in [-0.25, -0.2) is 4.79 Å². The van der Waals surface area contributed by atoms with Gasteiger partial charge in [-0.3, -0.25) is 4.79 Å². The molecule has 1 heterocycles. The van der Waals surface area contributed by atoms with Gasteiger partial charge in [0, 0.05) is 10.9 Å². The van der Waals surface area contributed by atoms with E-state index < -0.39 is 17.9 Å². The number of aliphatic carboxylic acids is 1. The second-order valence-electron chi connectivity index (χ2n) is 4.71. The third-order valence-electron chi connectivity index (χ3n) is 3.23. The van der Waals surface area contributed by atoms with Crippen LogP contribution in [0.15, 0.2) is 28.7 Å². The monoisotopic (exact) mass is 275 g/mol. The van der Waals surface area contributed by atoms with Gasteiger partial charge in [0.2, 0.25) is 0 Å². The van der Waals surface area contributed by atoms with Crippen molar-refractivity contribution in [1.82, 2.24) is 5.32 Å². The van der Waals surface area contributed by atoms with E-state index in [1.165, 1.54) is 0 Å². The highest BCUT2D eigenvalue weighted by Crippen LogP contribution is 2.24. The Labute approximate surface area is 116 Å². The first-order valence-corrected chi connectivity index (χ1v) is 6.56. The molecule has 0 aliphatic heterocycles. The number of furan rings is 1. The summed E-state index contributed by atoms with van der Waals surface area (Å²) in [6, 6.07) is 6.44. The molecule has 20 heavy (non-hydrogen) atoms. The number of nitrogens with one attached hydrogen (secondary N) is 1. The molecule has 0 aliphatic carbocycles. The summed E-state index contributed by atoms with van der Waals surface area (Å²) in [6.07, 6.45) is 1.07. The molecule has 0 radical (unpaired) electrons. The van der Waals surface area contributed by atoms with E-state index in [2.05, 4.69) is 5.32 Å². The molecule has 1 aromatic carbocycles. The molecule has 5 nitrogen and oxygen atoms in total. The topological polar surface area (TPSA) is 79.5 Å². The molecule has 0 spiro atoms. The molecule has 5 heteroatoms. The van der Waals surface area contributed by atoms with Gasteiger partial charge in [-0.05, 0) is 19.4 Å². The molecule has 0 saturated carbocycles. The molecule has 0 fully saturated rings. The fourth-order valence-electron chi connectivity index (χ4n) is 2.16. The van der Waals surface area contributed by atoms with Crippen LogP contribution in [0, 0.1) is 6.92 Å². The van der Waals surface area contributed by atoms with E-state index in [0.29, 0.717) is 18.4 Å². The zero-order valence-corrected chi connectivity index (χ0v) is 11.5. The number of aryl methyl sites for hydroxylation is 1. The number of hydrogen-bond acceptors (Lipinski definition) is 3. The van der Waals surface area contributed by atoms with Crippen LogP contribution in [0.5, 0.6) is 0 Å². The molecule has 0 aliphatic rings. The Morgan fingerprint density at radius 2 is 2.05 bits per heavy atom. The Hall–Kier alpha value is -2.30. The van der Waals surface area contributed by atoms with Crippen molar-refractivity contribution >= 4 is 22.8 Å². The Balaban J connectivity index is 2.27. The zero-order valence-electron chi connectivity index (χ0n) is 11.5. The number of fused-ring (bicyclic) bond motifs is 1. The molecule has 0 unspecified atom stereocenters. The van der Waals surface area contributed by atoms with Crippen LogP contribution in [0.4, 0.5) is 0 Å². The van der Waals surface area contributed by atoms with E-state index in [-0.39, 0.29) is 5.76 Å². The first kappa shape index (κ1) is 14.1. The normalized spacial score (nSPS) is 12.3. The molecular formula is C15H17NO4. The summed E-state index contributed by atoms with van der Waals surface area (Å²) in [5.74, 6) is -1.35. The predicted octanol–water partition coefficient (Wildman–Crippen LogP) is 2.72. The number of hydrogen-bond donors (Lipinski definition) is 2. The standard InChI is InChI=1S/C15H17NO4/c1-3-6-11(15(18)19)16-14(17)13-9(2)10-7-4-5-8-12(10)20-13/h4-5,7-8,11H,3,6H2,1-2H3,(H,16,17)(H,18,19)/t11-/m1/s1. The van der Waals surface area contributed by atoms with E-state index in [4.69, 9.17) is 9.52 Å². The van der Waals surface area contributed by atoms with E-state index in [1.807, 2.05) is 25.1 Å². The first-order chi connectivity index (χ1) is 9.54. The lowest BCUT2D eigenvalue weighted by molar-refractivity contribution is -0.139. The largest absolute Gasteiger partial charge is 0.480 e. The summed E-state index contributed by atoms with van der Waals surface area (Å²) in [6.45, 7) is 3.66. The third-order valence-corrected chi connectivity index (χ3v) is 3.23. The van der Waals surface area contributed by atoms with Gasteiger partial charge < -0.3 is 14.8 Å². The van der Waals surface area contributed by atoms with Gasteiger partial charge in [-0.1, -0.05) is 31.5 Å². The number of para-hydroxylation sites is 1. The molecule has 1 amide bonds. The molecule has 2 rings (SSSR count). The average molecular weight is 275 g/mol. The van der Waals surface area contributed by atoms with Crippen LogP contribution in [0.25, 0.3) is 11.0 Å². The van der Waals surface area contributed by atoms with Crippen molar-refractivity contribution in [3.63, 3.8) is 0 Å². The number of rotatable bonds is 5. The van der Waals surface area contributed by atoms with Crippen LogP contribution in [0.2, 0.25) is 0 Å². The minimum Gasteiger partial charge on any atom is -0.480 e. The average Bonchev–Trinajstić information content (AvgIpc) is 2.76. The molecular weight excluding hydrogens is 258 g/mol. The second kappa shape index (κ2) is 5.77. The predicted molar refractivity (Wildman–Crippen MR) is 74.7 cm³/mol. The quantitative estimate of drug-likeness (QED) is 0.879. The lowest BCUT2D eigenvalue weighted by Crippen LogP contribution is -2.40.